The van der Waals surface area contributed by atoms with Gasteiger partial charge in [-0.25, -0.2) is 15.0 Å². The van der Waals surface area contributed by atoms with Crippen molar-refractivity contribution in [2.75, 3.05) is 120 Å². The molecule has 20 heteroatoms. The first-order valence-electron chi connectivity index (χ1n) is 24.1. The van der Waals surface area contributed by atoms with Gasteiger partial charge in [-0.2, -0.15) is 4.98 Å². The molecule has 0 radical (unpaired) electrons. The van der Waals surface area contributed by atoms with Gasteiger partial charge in [-0.3, -0.25) is 29.1 Å². The Morgan fingerprint density at radius 1 is 0.771 bits per heavy atom. The van der Waals surface area contributed by atoms with Crippen molar-refractivity contribution >= 4 is 68.2 Å². The fourth-order valence-corrected chi connectivity index (χ4v) is 9.33. The molecule has 0 atom stereocenters. The van der Waals surface area contributed by atoms with E-state index in [0.717, 1.165) is 53.2 Å². The molecule has 376 valence electrons. The molecule has 0 unspecified atom stereocenters. The van der Waals surface area contributed by atoms with E-state index in [1.54, 1.807) is 23.9 Å². The molecule has 1 aliphatic carbocycles. The number of anilines is 5. The molecule has 1 aliphatic heterocycles. The Bertz CT molecular complexity index is 2590. The van der Waals surface area contributed by atoms with Gasteiger partial charge in [0, 0.05) is 66.5 Å². The Hall–Kier alpha value is -5.90. The molecule has 2 amide bonds. The fraction of sp³-hybridized carbons (Fsp3) is 0.520. The van der Waals surface area contributed by atoms with Gasteiger partial charge in [0.1, 0.15) is 11.5 Å². The number of hydrogen-bond donors (Lipinski definition) is 3. The Kier molecular flexibility index (Phi) is 19.1. The molecule has 0 bridgehead atoms. The average molecular weight is 983 g/mol. The number of piperazine rings is 1. The van der Waals surface area contributed by atoms with Gasteiger partial charge in [-0.05, 0) is 82.9 Å². The zero-order chi connectivity index (χ0) is 49.4. The quantitative estimate of drug-likeness (QED) is 0.0403. The highest BCUT2D eigenvalue weighted by atomic mass is 32.1. The molecule has 5 aromatic rings. The van der Waals surface area contributed by atoms with Crippen molar-refractivity contribution in [2.24, 2.45) is 0 Å². The summed E-state index contributed by atoms with van der Waals surface area (Å²) in [5.41, 5.74) is 5.23. The first-order chi connectivity index (χ1) is 34.0. The Morgan fingerprint density at radius 3 is 2.04 bits per heavy atom. The van der Waals surface area contributed by atoms with Gasteiger partial charge in [-0.1, -0.05) is 18.9 Å². The van der Waals surface area contributed by atoms with Crippen LogP contribution in [0.15, 0.2) is 47.5 Å². The summed E-state index contributed by atoms with van der Waals surface area (Å²) in [6.45, 7) is 16.5. The number of benzene rings is 1. The standard InChI is InChI=1S/C50H66N10O9S/c1-33-10-11-38(30-41(33)47(63)57-50-54-35(3)37(5)70-50)51-15-21-66-23-25-68-27-29-69-28-26-67-24-22-65-20-14-44(62)59-18-16-58(17-19-59)40-12-13-43(52-31-40)55-49-53-32-42-34(2)45(36(4)61)48(64)60(46(42)56-49)39-8-6-7-9-39/h10-13,30-32,39,51H,6-9,14-29H2,1-5H3,(H,54,57,63)(H,52,53,55,56). The van der Waals surface area contributed by atoms with E-state index in [0.29, 0.717) is 144 Å². The number of thiazole rings is 1. The van der Waals surface area contributed by atoms with Crippen molar-refractivity contribution < 1.29 is 38.1 Å². The summed E-state index contributed by atoms with van der Waals surface area (Å²) in [5, 5.41) is 10.7. The summed E-state index contributed by atoms with van der Waals surface area (Å²) in [6, 6.07) is 9.54. The van der Waals surface area contributed by atoms with E-state index in [-0.39, 0.29) is 34.8 Å². The third kappa shape index (κ3) is 14.1. The second-order valence-corrected chi connectivity index (χ2v) is 18.6. The van der Waals surface area contributed by atoms with Crippen molar-refractivity contribution in [3.8, 4) is 0 Å². The molecule has 4 aromatic heterocycles. The Balaban J connectivity index is 0.682. The van der Waals surface area contributed by atoms with Crippen LogP contribution in [-0.4, -0.2) is 146 Å². The number of rotatable bonds is 26. The minimum atomic E-state index is -0.287. The minimum absolute atomic E-state index is 0.00386. The number of amides is 2. The molecule has 0 spiro atoms. The number of carbonyl (C=O) groups is 3. The number of aromatic nitrogens is 5. The molecule has 70 heavy (non-hydrogen) atoms. The molecular weight excluding hydrogens is 917 g/mol. The molecule has 5 heterocycles. The predicted octanol–water partition coefficient (Wildman–Crippen LogP) is 6.42. The summed E-state index contributed by atoms with van der Waals surface area (Å²) in [6.07, 6.45) is 7.57. The van der Waals surface area contributed by atoms with E-state index in [4.69, 9.17) is 28.7 Å². The Labute approximate surface area is 412 Å². The number of aryl methyl sites for hydroxylation is 4. The van der Waals surface area contributed by atoms with Crippen LogP contribution >= 0.6 is 11.3 Å². The topological polar surface area (TPSA) is 213 Å². The van der Waals surface area contributed by atoms with E-state index in [2.05, 4.69) is 35.8 Å². The maximum atomic E-state index is 13.6. The lowest BCUT2D eigenvalue weighted by Gasteiger charge is -2.36. The van der Waals surface area contributed by atoms with Gasteiger partial charge in [0.25, 0.3) is 11.5 Å². The highest BCUT2D eigenvalue weighted by Gasteiger charge is 2.26. The number of nitrogens with one attached hydrogen (secondary N) is 3. The molecule has 1 saturated heterocycles. The van der Waals surface area contributed by atoms with Gasteiger partial charge >= 0.3 is 0 Å². The van der Waals surface area contributed by atoms with Gasteiger partial charge in [0.2, 0.25) is 11.9 Å². The van der Waals surface area contributed by atoms with Crippen LogP contribution in [0.4, 0.5) is 28.3 Å². The van der Waals surface area contributed by atoms with Crippen LogP contribution in [0.2, 0.25) is 0 Å². The minimum Gasteiger partial charge on any atom is -0.383 e. The van der Waals surface area contributed by atoms with Crippen LogP contribution in [0.1, 0.15) is 87.5 Å². The van der Waals surface area contributed by atoms with Gasteiger partial charge in [0.05, 0.1) is 95.6 Å². The zero-order valence-electron chi connectivity index (χ0n) is 41.0. The lowest BCUT2D eigenvalue weighted by Crippen LogP contribution is -2.49. The second kappa shape index (κ2) is 25.8. The number of pyridine rings is 2. The summed E-state index contributed by atoms with van der Waals surface area (Å²) in [7, 11) is 0. The van der Waals surface area contributed by atoms with E-state index < -0.39 is 0 Å². The number of ether oxygens (including phenoxy) is 5. The number of nitrogens with zero attached hydrogens (tertiary/aromatic N) is 7. The van der Waals surface area contributed by atoms with E-state index in [1.165, 1.54) is 18.3 Å². The third-order valence-electron chi connectivity index (χ3n) is 12.5. The molecular formula is C50H66N10O9S. The van der Waals surface area contributed by atoms with Gasteiger partial charge < -0.3 is 44.1 Å². The van der Waals surface area contributed by atoms with Gasteiger partial charge in [0.15, 0.2) is 10.9 Å². The molecule has 1 aromatic carbocycles. The van der Waals surface area contributed by atoms with Crippen LogP contribution in [-0.2, 0) is 28.5 Å². The lowest BCUT2D eigenvalue weighted by molar-refractivity contribution is -0.132. The SMILES string of the molecule is CC(=O)c1c(C)c2cnc(Nc3ccc(N4CCN(C(=O)CCOCCOCCOCCOCCOCCNc5ccc(C)c(C(=O)Nc6nc(C)c(C)s6)c5)CC4)cn3)nc2n(C2CCCC2)c1=O. The number of carbonyl (C=O) groups excluding carboxylic acids is 3. The highest BCUT2D eigenvalue weighted by molar-refractivity contribution is 7.15. The predicted molar refractivity (Wildman–Crippen MR) is 270 cm³/mol. The van der Waals surface area contributed by atoms with Crippen molar-refractivity contribution in [1.82, 2.24) is 29.4 Å². The van der Waals surface area contributed by atoms with Crippen LogP contribution in [0.5, 0.6) is 0 Å². The average Bonchev–Trinajstić information content (AvgIpc) is 4.00. The summed E-state index contributed by atoms with van der Waals surface area (Å²) in [5.74, 6) is 0.504. The smallest absolute Gasteiger partial charge is 0.263 e. The molecule has 7 rings (SSSR count). The largest absolute Gasteiger partial charge is 0.383 e. The summed E-state index contributed by atoms with van der Waals surface area (Å²) in [4.78, 5) is 75.2. The van der Waals surface area contributed by atoms with Crippen LogP contribution < -0.4 is 26.4 Å². The van der Waals surface area contributed by atoms with Crippen LogP contribution in [0, 0.1) is 27.7 Å². The van der Waals surface area contributed by atoms with E-state index in [9.17, 15) is 19.2 Å². The van der Waals surface area contributed by atoms with Crippen molar-refractivity contribution in [1.29, 1.82) is 0 Å². The molecule has 19 nitrogen and oxygen atoms in total. The van der Waals surface area contributed by atoms with Crippen LogP contribution in [0.3, 0.4) is 0 Å². The maximum absolute atomic E-state index is 13.6. The maximum Gasteiger partial charge on any atom is 0.263 e. The van der Waals surface area contributed by atoms with E-state index in [1.807, 2.05) is 56.0 Å². The second-order valence-electron chi connectivity index (χ2n) is 17.4. The summed E-state index contributed by atoms with van der Waals surface area (Å²) >= 11 is 1.47. The number of fused-ring (bicyclic) bond motifs is 1. The molecule has 1 saturated carbocycles. The molecule has 2 fully saturated rings. The first kappa shape index (κ1) is 51.9. The van der Waals surface area contributed by atoms with Crippen LogP contribution in [0.25, 0.3) is 11.0 Å². The molecule has 2 aliphatic rings. The number of hydrogen-bond acceptors (Lipinski definition) is 17. The number of Topliss-reactive ketones (excluding diaryl/α,β-unsaturated/α-hetero) is 1. The number of ketones is 1. The van der Waals surface area contributed by atoms with E-state index >= 15 is 0 Å². The zero-order valence-corrected chi connectivity index (χ0v) is 41.8. The monoisotopic (exact) mass is 982 g/mol. The molecule has 3 N–H and O–H groups in total. The van der Waals surface area contributed by atoms with Crippen molar-refractivity contribution in [3.05, 3.63) is 85.9 Å². The van der Waals surface area contributed by atoms with Crippen molar-refractivity contribution in [3.63, 3.8) is 0 Å². The van der Waals surface area contributed by atoms with Crippen molar-refractivity contribution in [2.45, 2.75) is 72.8 Å². The fourth-order valence-electron chi connectivity index (χ4n) is 8.52. The lowest BCUT2D eigenvalue weighted by atomic mass is 10.0. The first-order valence-corrected chi connectivity index (χ1v) is 25.0. The Morgan fingerprint density at radius 2 is 1.43 bits per heavy atom. The normalized spacial score (nSPS) is 14.1. The highest BCUT2D eigenvalue weighted by Crippen LogP contribution is 2.32. The third-order valence-corrected chi connectivity index (χ3v) is 13.5. The van der Waals surface area contributed by atoms with Gasteiger partial charge in [-0.15, -0.1) is 11.3 Å². The summed E-state index contributed by atoms with van der Waals surface area (Å²) < 4.78 is 29.8.